The zero-order chi connectivity index (χ0) is 25.2. The molecule has 190 valence electrons. The van der Waals surface area contributed by atoms with Gasteiger partial charge >= 0.3 is 5.97 Å². The van der Waals surface area contributed by atoms with E-state index >= 15 is 0 Å². The number of ether oxygens (including phenoxy) is 3. The minimum atomic E-state index is -4.16. The molecule has 0 spiro atoms. The first-order valence-electron chi connectivity index (χ1n) is 11.8. The molecule has 35 heavy (non-hydrogen) atoms. The first kappa shape index (κ1) is 25.0. The molecule has 0 radical (unpaired) electrons. The Morgan fingerprint density at radius 2 is 1.37 bits per heavy atom. The maximum absolute atomic E-state index is 13.2. The summed E-state index contributed by atoms with van der Waals surface area (Å²) in [6.07, 6.45) is -5.64. The lowest BCUT2D eigenvalue weighted by atomic mass is 9.81. The molecule has 6 rings (SSSR count). The third kappa shape index (κ3) is 4.19. The van der Waals surface area contributed by atoms with Gasteiger partial charge < -0.3 is 23.7 Å². The third-order valence-electron chi connectivity index (χ3n) is 7.48. The Hall–Kier alpha value is -1.63. The topological polar surface area (TPSA) is 101 Å². The average Bonchev–Trinajstić information content (AvgIpc) is 2.81. The molecule has 4 aliphatic rings. The summed E-state index contributed by atoms with van der Waals surface area (Å²) >= 11 is 0. The van der Waals surface area contributed by atoms with E-state index in [0.29, 0.717) is 5.56 Å². The predicted molar refractivity (Wildman–Crippen MR) is 129 cm³/mol. The highest BCUT2D eigenvalue weighted by molar-refractivity contribution is 7.86. The van der Waals surface area contributed by atoms with Crippen LogP contribution in [0, 0.1) is 0 Å². The van der Waals surface area contributed by atoms with Crippen LogP contribution in [0.25, 0.3) is 0 Å². The highest BCUT2D eigenvalue weighted by Gasteiger charge is 2.70. The van der Waals surface area contributed by atoms with E-state index in [9.17, 15) is 13.5 Å². The van der Waals surface area contributed by atoms with Crippen LogP contribution in [0.4, 0.5) is 0 Å². The van der Waals surface area contributed by atoms with Crippen molar-refractivity contribution in [3.8, 4) is 0 Å². The van der Waals surface area contributed by atoms with Gasteiger partial charge in [0.25, 0.3) is 10.1 Å². The molecule has 8 nitrogen and oxygen atoms in total. The number of hydrogen-bond donors (Lipinski definition) is 1. The summed E-state index contributed by atoms with van der Waals surface area (Å²) in [4.78, 5) is 0.0131. The number of aliphatic hydroxyl groups excluding tert-OH is 1. The first-order valence-corrected chi connectivity index (χ1v) is 16.1. The van der Waals surface area contributed by atoms with E-state index in [0.717, 1.165) is 0 Å². The summed E-state index contributed by atoms with van der Waals surface area (Å²) in [6, 6.07) is 17.0. The van der Waals surface area contributed by atoms with Gasteiger partial charge in [-0.3, -0.25) is 4.18 Å². The summed E-state index contributed by atoms with van der Waals surface area (Å²) in [5, 5.41) is 11.1. The summed E-state index contributed by atoms with van der Waals surface area (Å²) in [5.74, 6) is -1.58. The van der Waals surface area contributed by atoms with Crippen LogP contribution in [0.1, 0.15) is 26.3 Å². The van der Waals surface area contributed by atoms with Crippen molar-refractivity contribution >= 4 is 18.4 Å². The molecule has 1 aliphatic carbocycles. The Kier molecular flexibility index (Phi) is 6.05. The first-order chi connectivity index (χ1) is 16.3. The fourth-order valence-corrected chi connectivity index (χ4v) is 6.98. The summed E-state index contributed by atoms with van der Waals surface area (Å²) in [7, 11) is -6.53. The summed E-state index contributed by atoms with van der Waals surface area (Å²) in [5.41, 5.74) is 0.613. The Labute approximate surface area is 207 Å². The molecular weight excluding hydrogens is 488 g/mol. The second-order valence-corrected chi connectivity index (χ2v) is 17.2. The van der Waals surface area contributed by atoms with Crippen LogP contribution >= 0.6 is 0 Å². The second kappa shape index (κ2) is 8.46. The molecule has 1 saturated carbocycles. The van der Waals surface area contributed by atoms with E-state index in [-0.39, 0.29) is 9.93 Å². The van der Waals surface area contributed by atoms with Gasteiger partial charge in [0.05, 0.1) is 4.90 Å². The monoisotopic (exact) mass is 520 g/mol. The molecule has 2 aromatic rings. The number of benzene rings is 2. The molecule has 0 amide bonds. The lowest BCUT2D eigenvalue weighted by Crippen LogP contribution is -2.79. The second-order valence-electron chi connectivity index (χ2n) is 10.8. The molecule has 0 aromatic heterocycles. The van der Waals surface area contributed by atoms with Crippen molar-refractivity contribution in [3.63, 3.8) is 0 Å². The number of rotatable bonds is 6. The Bertz CT molecular complexity index is 1170. The SMILES string of the molecule is CC(C)(C)[Si](C)(C)O[C@@H]1[C@@H]2O[C@@]3(c4ccccc4)O[C@H]([C@@H](O)[C@@H]1O3)[C@@H]2OS(=O)(=O)c1ccccc1. The molecule has 3 saturated heterocycles. The largest absolute Gasteiger partial charge is 0.408 e. The standard InChI is InChI=1S/C25H32O8SSi/c1-24(2,3)35(4,5)33-23-20-18(26)19-22(32-34(27,28)17-14-10-7-11-15-17)21(23)31-25(29-19,30-20)16-12-8-6-9-13-16/h6-15,18-23,26H,1-5H3/t18-,19-,20+,21-,22+,23+,25+/m1/s1. The molecule has 4 bridgehead atoms. The minimum absolute atomic E-state index is 0.0131. The average molecular weight is 521 g/mol. The van der Waals surface area contributed by atoms with Crippen molar-refractivity contribution in [1.82, 2.24) is 0 Å². The van der Waals surface area contributed by atoms with Gasteiger partial charge in [0.2, 0.25) is 0 Å². The van der Waals surface area contributed by atoms with Crippen molar-refractivity contribution in [3.05, 3.63) is 66.2 Å². The van der Waals surface area contributed by atoms with Crippen molar-refractivity contribution in [2.75, 3.05) is 0 Å². The number of hydrogen-bond acceptors (Lipinski definition) is 8. The molecule has 2 aromatic carbocycles. The van der Waals surface area contributed by atoms with E-state index in [1.165, 1.54) is 12.1 Å². The van der Waals surface area contributed by atoms with Crippen molar-refractivity contribution < 1.29 is 36.3 Å². The van der Waals surface area contributed by atoms with Gasteiger partial charge in [0, 0.05) is 5.56 Å². The zero-order valence-corrected chi connectivity index (χ0v) is 22.3. The van der Waals surface area contributed by atoms with Crippen molar-refractivity contribution in [2.24, 2.45) is 0 Å². The fourth-order valence-electron chi connectivity index (χ4n) is 4.56. The Morgan fingerprint density at radius 3 is 1.94 bits per heavy atom. The number of aliphatic hydroxyl groups is 1. The molecule has 3 aliphatic heterocycles. The van der Waals surface area contributed by atoms with Crippen LogP contribution in [0.2, 0.25) is 18.1 Å². The van der Waals surface area contributed by atoms with E-state index in [2.05, 4.69) is 33.9 Å². The van der Waals surface area contributed by atoms with E-state index in [1.807, 2.05) is 18.2 Å². The molecular formula is C25H32O8SSi. The molecule has 0 unspecified atom stereocenters. The smallest absolute Gasteiger partial charge is 0.313 e. The molecule has 4 fully saturated rings. The normalized spacial score (nSPS) is 34.8. The Balaban J connectivity index is 1.54. The molecule has 7 atom stereocenters. The summed E-state index contributed by atoms with van der Waals surface area (Å²) in [6.45, 7) is 10.5. The Morgan fingerprint density at radius 1 is 0.857 bits per heavy atom. The zero-order valence-electron chi connectivity index (χ0n) is 20.5. The van der Waals surface area contributed by atoms with Gasteiger partial charge in [-0.1, -0.05) is 69.3 Å². The van der Waals surface area contributed by atoms with Crippen LogP contribution < -0.4 is 0 Å². The maximum atomic E-state index is 13.2. The highest BCUT2D eigenvalue weighted by atomic mass is 32.2. The molecule has 10 heteroatoms. The van der Waals surface area contributed by atoms with Gasteiger partial charge in [0.15, 0.2) is 8.32 Å². The van der Waals surface area contributed by atoms with E-state index in [4.69, 9.17) is 22.8 Å². The van der Waals surface area contributed by atoms with Gasteiger partial charge in [-0.05, 0) is 30.3 Å². The van der Waals surface area contributed by atoms with Crippen LogP contribution in [0.3, 0.4) is 0 Å². The minimum Gasteiger partial charge on any atom is -0.408 e. The summed E-state index contributed by atoms with van der Waals surface area (Å²) < 4.78 is 57.4. The lowest BCUT2D eigenvalue weighted by Gasteiger charge is -2.62. The van der Waals surface area contributed by atoms with Gasteiger partial charge in [-0.2, -0.15) is 8.42 Å². The lowest BCUT2D eigenvalue weighted by molar-refractivity contribution is -0.545. The highest BCUT2D eigenvalue weighted by Crippen LogP contribution is 2.53. The van der Waals surface area contributed by atoms with Crippen LogP contribution in [-0.4, -0.2) is 58.5 Å². The van der Waals surface area contributed by atoms with Gasteiger partial charge in [0.1, 0.15) is 36.6 Å². The van der Waals surface area contributed by atoms with Crippen LogP contribution in [0.15, 0.2) is 65.6 Å². The van der Waals surface area contributed by atoms with E-state index < -0.39 is 61.0 Å². The molecule has 1 N–H and O–H groups in total. The van der Waals surface area contributed by atoms with Crippen molar-refractivity contribution in [1.29, 1.82) is 0 Å². The predicted octanol–water partition coefficient (Wildman–Crippen LogP) is 3.52. The quantitative estimate of drug-likeness (QED) is 0.456. The fraction of sp³-hybridized carbons (Fsp3) is 0.520. The van der Waals surface area contributed by atoms with Crippen molar-refractivity contribution in [2.45, 2.75) is 86.4 Å². The molecule has 3 heterocycles. The third-order valence-corrected chi connectivity index (χ3v) is 13.3. The van der Waals surface area contributed by atoms with Crippen LogP contribution in [0.5, 0.6) is 0 Å². The van der Waals surface area contributed by atoms with E-state index in [1.54, 1.807) is 30.3 Å². The van der Waals surface area contributed by atoms with Crippen LogP contribution in [-0.2, 0) is 38.9 Å². The van der Waals surface area contributed by atoms with Gasteiger partial charge in [-0.15, -0.1) is 0 Å². The van der Waals surface area contributed by atoms with Gasteiger partial charge in [-0.25, -0.2) is 0 Å². The maximum Gasteiger partial charge on any atom is 0.313 e.